The number of carbonyl (C=O) groups excluding carboxylic acids is 1. The van der Waals surface area contributed by atoms with Gasteiger partial charge in [-0.05, 0) is 48.9 Å². The number of hydrogen-bond donors (Lipinski definition) is 0. The molecular formula is C24H39NO3S. The monoisotopic (exact) mass is 421 g/mol. The first-order valence-corrected chi connectivity index (χ1v) is 12.5. The number of carbonyl (C=O) groups is 1. The van der Waals surface area contributed by atoms with Crippen molar-refractivity contribution in [1.29, 1.82) is 0 Å². The van der Waals surface area contributed by atoms with Crippen LogP contribution in [0.5, 0.6) is 0 Å². The first-order valence-electron chi connectivity index (χ1n) is 11.1. The maximum atomic E-state index is 13.1. The summed E-state index contributed by atoms with van der Waals surface area (Å²) in [6.45, 7) is 13.4. The van der Waals surface area contributed by atoms with Crippen LogP contribution in [0.25, 0.3) is 0 Å². The quantitative estimate of drug-likeness (QED) is 0.536. The van der Waals surface area contributed by atoms with Crippen molar-refractivity contribution in [3.8, 4) is 0 Å². The van der Waals surface area contributed by atoms with Crippen LogP contribution in [-0.2, 0) is 31.5 Å². The Morgan fingerprint density at radius 3 is 2.31 bits per heavy atom. The fourth-order valence-corrected chi connectivity index (χ4v) is 5.58. The maximum Gasteiger partial charge on any atom is 0.307 e. The van der Waals surface area contributed by atoms with Crippen molar-refractivity contribution in [2.75, 3.05) is 19.6 Å². The summed E-state index contributed by atoms with van der Waals surface area (Å²) in [7, 11) is -1.04. The molecule has 1 fully saturated rings. The second kappa shape index (κ2) is 11.3. The number of esters is 1. The van der Waals surface area contributed by atoms with Gasteiger partial charge in [0.15, 0.2) is 0 Å². The average molecular weight is 422 g/mol. The number of nitrogens with zero attached hydrogens (tertiary/aromatic N) is 1. The lowest BCUT2D eigenvalue weighted by molar-refractivity contribution is -0.150. The highest BCUT2D eigenvalue weighted by Crippen LogP contribution is 2.28. The van der Waals surface area contributed by atoms with Gasteiger partial charge in [0.2, 0.25) is 0 Å². The van der Waals surface area contributed by atoms with Crippen molar-refractivity contribution in [2.45, 2.75) is 89.2 Å². The van der Waals surface area contributed by atoms with Gasteiger partial charge in [-0.3, -0.25) is 9.00 Å². The second-order valence-corrected chi connectivity index (χ2v) is 10.8. The van der Waals surface area contributed by atoms with Gasteiger partial charge in [0, 0.05) is 23.1 Å². The van der Waals surface area contributed by atoms with Crippen molar-refractivity contribution in [3.05, 3.63) is 35.4 Å². The van der Waals surface area contributed by atoms with Crippen LogP contribution in [0, 0.1) is 0 Å². The molecule has 0 spiro atoms. The van der Waals surface area contributed by atoms with Crippen LogP contribution in [-0.4, -0.2) is 46.1 Å². The van der Waals surface area contributed by atoms with Gasteiger partial charge >= 0.3 is 5.97 Å². The zero-order chi connectivity index (χ0) is 21.4. The Hall–Kier alpha value is -1.20. The lowest BCUT2D eigenvalue weighted by atomic mass is 9.87. The first kappa shape index (κ1) is 24.1. The molecule has 0 amide bonds. The van der Waals surface area contributed by atoms with Crippen LogP contribution >= 0.6 is 0 Å². The molecule has 1 aromatic rings. The fraction of sp³-hybridized carbons (Fsp3) is 0.708. The van der Waals surface area contributed by atoms with Crippen molar-refractivity contribution in [1.82, 2.24) is 4.90 Å². The van der Waals surface area contributed by atoms with Crippen LogP contribution in [0.3, 0.4) is 0 Å². The molecule has 1 aromatic carbocycles. The Labute approximate surface area is 179 Å². The normalized spacial score (nSPS) is 21.2. The average Bonchev–Trinajstić information content (AvgIpc) is 2.69. The van der Waals surface area contributed by atoms with E-state index in [2.05, 4.69) is 63.8 Å². The van der Waals surface area contributed by atoms with Crippen LogP contribution in [0.15, 0.2) is 24.3 Å². The van der Waals surface area contributed by atoms with E-state index in [-0.39, 0.29) is 22.7 Å². The molecule has 0 aromatic heterocycles. The molecule has 0 heterocycles. The summed E-state index contributed by atoms with van der Waals surface area (Å²) in [6, 6.07) is 8.45. The predicted octanol–water partition coefficient (Wildman–Crippen LogP) is 4.82. The van der Waals surface area contributed by atoms with Crippen molar-refractivity contribution < 1.29 is 13.7 Å². The van der Waals surface area contributed by atoms with E-state index >= 15 is 0 Å². The van der Waals surface area contributed by atoms with Crippen LogP contribution < -0.4 is 0 Å². The summed E-state index contributed by atoms with van der Waals surface area (Å²) >= 11 is 0. The highest BCUT2D eigenvalue weighted by Gasteiger charge is 2.32. The zero-order valence-electron chi connectivity index (χ0n) is 18.9. The number of ether oxygens (including phenoxy) is 1. The third kappa shape index (κ3) is 7.53. The number of rotatable bonds is 9. The summed E-state index contributed by atoms with van der Waals surface area (Å²) in [5.74, 6) is 0.378. The molecular weight excluding hydrogens is 382 g/mol. The Balaban J connectivity index is 1.94. The van der Waals surface area contributed by atoms with Crippen LogP contribution in [0.1, 0.15) is 77.8 Å². The molecule has 0 saturated heterocycles. The van der Waals surface area contributed by atoms with Gasteiger partial charge < -0.3 is 9.64 Å². The minimum atomic E-state index is -1.04. The van der Waals surface area contributed by atoms with Gasteiger partial charge in [0.25, 0.3) is 0 Å². The zero-order valence-corrected chi connectivity index (χ0v) is 19.7. The Bertz CT molecular complexity index is 662. The summed E-state index contributed by atoms with van der Waals surface area (Å²) in [6.07, 6.45) is 4.01. The summed E-state index contributed by atoms with van der Waals surface area (Å²) in [5, 5.41) is -0.0524. The molecule has 1 saturated carbocycles. The molecule has 0 N–H and O–H groups in total. The molecule has 0 bridgehead atoms. The third-order valence-electron chi connectivity index (χ3n) is 5.92. The molecule has 5 heteroatoms. The van der Waals surface area contributed by atoms with E-state index in [0.29, 0.717) is 12.2 Å². The minimum Gasteiger partial charge on any atom is -0.461 e. The standard InChI is InChI=1S/C24H39NO3S/c1-6-25(7-2)17-16-23(26)28-21-10-8-9-11-22(21)29(27)18-19-12-14-20(15-13-19)24(3,4)5/h12-15,21-22H,6-11,16-18H2,1-5H3. The highest BCUT2D eigenvalue weighted by molar-refractivity contribution is 7.84. The largest absolute Gasteiger partial charge is 0.461 e. The van der Waals surface area contributed by atoms with E-state index < -0.39 is 10.8 Å². The SMILES string of the molecule is CCN(CC)CCC(=O)OC1CCCCC1S(=O)Cc1ccc(C(C)(C)C)cc1. The summed E-state index contributed by atoms with van der Waals surface area (Å²) in [4.78, 5) is 14.6. The second-order valence-electron chi connectivity index (χ2n) is 9.10. The van der Waals surface area contributed by atoms with Gasteiger partial charge in [-0.15, -0.1) is 0 Å². The van der Waals surface area contributed by atoms with Gasteiger partial charge in [-0.2, -0.15) is 0 Å². The molecule has 2 rings (SSSR count). The lowest BCUT2D eigenvalue weighted by Gasteiger charge is -2.31. The van der Waals surface area contributed by atoms with Crippen molar-refractivity contribution >= 4 is 16.8 Å². The van der Waals surface area contributed by atoms with Gasteiger partial charge in [0.05, 0.1) is 11.7 Å². The van der Waals surface area contributed by atoms with Crippen LogP contribution in [0.2, 0.25) is 0 Å². The molecule has 1 aliphatic carbocycles. The number of hydrogen-bond acceptors (Lipinski definition) is 4. The van der Waals surface area contributed by atoms with E-state index in [1.807, 2.05) is 0 Å². The predicted molar refractivity (Wildman–Crippen MR) is 122 cm³/mol. The van der Waals surface area contributed by atoms with Gasteiger partial charge in [-0.1, -0.05) is 65.3 Å². The Morgan fingerprint density at radius 1 is 1.10 bits per heavy atom. The van der Waals surface area contributed by atoms with E-state index in [1.54, 1.807) is 0 Å². The van der Waals surface area contributed by atoms with E-state index in [0.717, 1.165) is 50.9 Å². The molecule has 4 nitrogen and oxygen atoms in total. The van der Waals surface area contributed by atoms with Gasteiger partial charge in [0.1, 0.15) is 6.10 Å². The Morgan fingerprint density at radius 2 is 1.72 bits per heavy atom. The first-order chi connectivity index (χ1) is 13.7. The van der Waals surface area contributed by atoms with Gasteiger partial charge in [-0.25, -0.2) is 0 Å². The van der Waals surface area contributed by atoms with Crippen LogP contribution in [0.4, 0.5) is 0 Å². The molecule has 164 valence electrons. The summed E-state index contributed by atoms with van der Waals surface area (Å²) < 4.78 is 18.9. The third-order valence-corrected chi connectivity index (χ3v) is 7.75. The van der Waals surface area contributed by atoms with E-state index in [4.69, 9.17) is 4.74 Å². The molecule has 1 aliphatic rings. The fourth-order valence-electron chi connectivity index (χ4n) is 3.89. The topological polar surface area (TPSA) is 46.6 Å². The molecule has 0 aliphatic heterocycles. The van der Waals surface area contributed by atoms with E-state index in [1.165, 1.54) is 5.56 Å². The molecule has 3 unspecified atom stereocenters. The van der Waals surface area contributed by atoms with Crippen molar-refractivity contribution in [2.24, 2.45) is 0 Å². The number of benzene rings is 1. The molecule has 3 atom stereocenters. The highest BCUT2D eigenvalue weighted by atomic mass is 32.2. The van der Waals surface area contributed by atoms with E-state index in [9.17, 15) is 9.00 Å². The lowest BCUT2D eigenvalue weighted by Crippen LogP contribution is -2.38. The minimum absolute atomic E-state index is 0.0524. The summed E-state index contributed by atoms with van der Waals surface area (Å²) in [5.41, 5.74) is 2.49. The smallest absolute Gasteiger partial charge is 0.307 e. The Kier molecular flexibility index (Phi) is 9.35. The molecule has 0 radical (unpaired) electrons. The molecule has 29 heavy (non-hydrogen) atoms. The van der Waals surface area contributed by atoms with Crippen molar-refractivity contribution in [3.63, 3.8) is 0 Å². The maximum absolute atomic E-state index is 13.1.